The Labute approximate surface area is 98.3 Å². The van der Waals surface area contributed by atoms with Crippen molar-refractivity contribution in [1.82, 2.24) is 9.55 Å². The maximum Gasteiger partial charge on any atom is 0.329 e. The van der Waals surface area contributed by atoms with Crippen molar-refractivity contribution < 1.29 is 0 Å². The van der Waals surface area contributed by atoms with Crippen LogP contribution in [0.2, 0.25) is 5.15 Å². The van der Waals surface area contributed by atoms with Crippen LogP contribution in [0.1, 0.15) is 26.7 Å². The van der Waals surface area contributed by atoms with E-state index < -0.39 is 5.69 Å². The first-order valence-corrected chi connectivity index (χ1v) is 5.82. The summed E-state index contributed by atoms with van der Waals surface area (Å²) in [5, 5.41) is 0.0978. The molecule has 1 aromatic rings. The normalized spacial score (nSPS) is 17.8. The lowest BCUT2D eigenvalue weighted by Crippen LogP contribution is -2.38. The second-order valence-electron chi connectivity index (χ2n) is 4.86. The first-order valence-electron chi connectivity index (χ1n) is 5.44. The monoisotopic (exact) mass is 242 g/mol. The van der Waals surface area contributed by atoms with Crippen LogP contribution < -0.4 is 11.2 Å². The van der Waals surface area contributed by atoms with E-state index in [0.717, 1.165) is 12.8 Å². The van der Waals surface area contributed by atoms with E-state index in [2.05, 4.69) is 18.8 Å². The zero-order chi connectivity index (χ0) is 11.9. The van der Waals surface area contributed by atoms with Gasteiger partial charge in [0.05, 0.1) is 0 Å². The molecule has 2 rings (SSSR count). The minimum Gasteiger partial charge on any atom is -0.298 e. The molecule has 0 unspecified atom stereocenters. The first-order chi connectivity index (χ1) is 7.44. The lowest BCUT2D eigenvalue weighted by atomic mass is 9.92. The lowest BCUT2D eigenvalue weighted by Gasteiger charge is -2.19. The predicted octanol–water partition coefficient (Wildman–Crippen LogP) is 1.63. The molecule has 1 heterocycles. The van der Waals surface area contributed by atoms with Gasteiger partial charge in [-0.2, -0.15) is 0 Å². The molecule has 1 N–H and O–H groups in total. The van der Waals surface area contributed by atoms with E-state index in [1.54, 1.807) is 0 Å². The highest BCUT2D eigenvalue weighted by Gasteiger charge is 2.45. The van der Waals surface area contributed by atoms with Gasteiger partial charge in [-0.1, -0.05) is 25.4 Å². The summed E-state index contributed by atoms with van der Waals surface area (Å²) in [6, 6.07) is 1.25. The van der Waals surface area contributed by atoms with Crippen LogP contribution in [0.3, 0.4) is 0 Å². The molecule has 0 aromatic carbocycles. The molecule has 0 amide bonds. The van der Waals surface area contributed by atoms with E-state index in [1.807, 2.05) is 0 Å². The van der Waals surface area contributed by atoms with Crippen LogP contribution in [0, 0.1) is 11.3 Å². The smallest absolute Gasteiger partial charge is 0.298 e. The second-order valence-corrected chi connectivity index (χ2v) is 5.27. The summed E-state index contributed by atoms with van der Waals surface area (Å²) in [5.41, 5.74) is -0.602. The molecular weight excluding hydrogens is 228 g/mol. The van der Waals surface area contributed by atoms with Crippen molar-refractivity contribution in [2.45, 2.75) is 33.2 Å². The Balaban J connectivity index is 2.36. The maximum atomic E-state index is 11.6. The maximum absolute atomic E-state index is 11.6. The molecule has 88 valence electrons. The summed E-state index contributed by atoms with van der Waals surface area (Å²) in [7, 11) is 0. The molecule has 0 saturated heterocycles. The van der Waals surface area contributed by atoms with Crippen molar-refractivity contribution in [3.05, 3.63) is 32.1 Å². The third kappa shape index (κ3) is 1.94. The van der Waals surface area contributed by atoms with E-state index in [-0.39, 0.29) is 16.1 Å². The van der Waals surface area contributed by atoms with Crippen molar-refractivity contribution in [3.63, 3.8) is 0 Å². The molecule has 0 bridgehead atoms. The van der Waals surface area contributed by atoms with Gasteiger partial charge < -0.3 is 0 Å². The van der Waals surface area contributed by atoms with Crippen LogP contribution in [0.5, 0.6) is 0 Å². The van der Waals surface area contributed by atoms with E-state index in [0.29, 0.717) is 12.5 Å². The molecule has 4 nitrogen and oxygen atoms in total. The molecule has 0 radical (unpaired) electrons. The fraction of sp³-hybridized carbons (Fsp3) is 0.636. The zero-order valence-electron chi connectivity index (χ0n) is 9.42. The van der Waals surface area contributed by atoms with Crippen LogP contribution in [0.25, 0.3) is 0 Å². The van der Waals surface area contributed by atoms with Gasteiger partial charge in [0.2, 0.25) is 0 Å². The Bertz CT molecular complexity index is 480. The Kier molecular flexibility index (Phi) is 2.70. The number of hydrogen-bond acceptors (Lipinski definition) is 2. The van der Waals surface area contributed by atoms with Crippen LogP contribution in [0.4, 0.5) is 0 Å². The van der Waals surface area contributed by atoms with E-state index in [4.69, 9.17) is 11.6 Å². The highest BCUT2D eigenvalue weighted by atomic mass is 35.5. The first kappa shape index (κ1) is 11.5. The SMILES string of the molecule is CC(C)C1(Cn2c(=O)cc(Cl)[nH]c2=O)CC1. The number of hydrogen-bond donors (Lipinski definition) is 1. The van der Waals surface area contributed by atoms with E-state index in [9.17, 15) is 9.59 Å². The fourth-order valence-corrected chi connectivity index (χ4v) is 2.21. The van der Waals surface area contributed by atoms with E-state index in [1.165, 1.54) is 10.6 Å². The lowest BCUT2D eigenvalue weighted by molar-refractivity contribution is 0.299. The Morgan fingerprint density at radius 2 is 2.12 bits per heavy atom. The standard InChI is InChI=1S/C11H15ClN2O2/c1-7(2)11(3-4-11)6-14-9(15)5-8(12)13-10(14)16/h5,7H,3-4,6H2,1-2H3,(H,13,16). The van der Waals surface area contributed by atoms with Crippen molar-refractivity contribution in [3.8, 4) is 0 Å². The van der Waals surface area contributed by atoms with Gasteiger partial charge in [-0.05, 0) is 24.2 Å². The third-order valence-electron chi connectivity index (χ3n) is 3.58. The number of halogens is 1. The Morgan fingerprint density at radius 3 is 2.56 bits per heavy atom. The molecule has 1 saturated carbocycles. The van der Waals surface area contributed by atoms with Gasteiger partial charge in [0.25, 0.3) is 5.56 Å². The summed E-state index contributed by atoms with van der Waals surface area (Å²) in [4.78, 5) is 25.7. The molecule has 1 aromatic heterocycles. The number of rotatable bonds is 3. The summed E-state index contributed by atoms with van der Waals surface area (Å²) < 4.78 is 1.25. The van der Waals surface area contributed by atoms with Gasteiger partial charge in [-0.25, -0.2) is 4.79 Å². The quantitative estimate of drug-likeness (QED) is 0.819. The number of nitrogens with one attached hydrogen (secondary N) is 1. The summed E-state index contributed by atoms with van der Waals surface area (Å²) in [5.74, 6) is 0.481. The van der Waals surface area contributed by atoms with Gasteiger partial charge in [0.15, 0.2) is 0 Å². The highest BCUT2D eigenvalue weighted by molar-refractivity contribution is 6.29. The molecule has 0 atom stereocenters. The fourth-order valence-electron chi connectivity index (χ4n) is 2.04. The third-order valence-corrected chi connectivity index (χ3v) is 3.78. The minimum absolute atomic E-state index is 0.0978. The highest BCUT2D eigenvalue weighted by Crippen LogP contribution is 2.52. The molecule has 16 heavy (non-hydrogen) atoms. The molecule has 0 aliphatic heterocycles. The van der Waals surface area contributed by atoms with Crippen molar-refractivity contribution >= 4 is 11.6 Å². The van der Waals surface area contributed by atoms with Gasteiger partial charge >= 0.3 is 5.69 Å². The molecule has 1 aliphatic carbocycles. The predicted molar refractivity (Wildman–Crippen MR) is 62.8 cm³/mol. The molecule has 1 aliphatic rings. The van der Waals surface area contributed by atoms with Gasteiger partial charge in [-0.3, -0.25) is 14.3 Å². The Hall–Kier alpha value is -1.03. The van der Waals surface area contributed by atoms with Gasteiger partial charge in [0, 0.05) is 12.6 Å². The number of H-pyrrole nitrogens is 1. The number of aromatic amines is 1. The van der Waals surface area contributed by atoms with Crippen LogP contribution in [-0.4, -0.2) is 9.55 Å². The minimum atomic E-state index is -0.413. The summed E-state index contributed by atoms with van der Waals surface area (Å²) in [6.07, 6.45) is 2.17. The summed E-state index contributed by atoms with van der Waals surface area (Å²) >= 11 is 5.60. The van der Waals surface area contributed by atoms with Crippen LogP contribution in [-0.2, 0) is 6.54 Å². The summed E-state index contributed by atoms with van der Waals surface area (Å²) in [6.45, 7) is 4.75. The van der Waals surface area contributed by atoms with Gasteiger partial charge in [0.1, 0.15) is 5.15 Å². The topological polar surface area (TPSA) is 54.9 Å². The van der Waals surface area contributed by atoms with Crippen molar-refractivity contribution in [1.29, 1.82) is 0 Å². The van der Waals surface area contributed by atoms with Crippen LogP contribution in [0.15, 0.2) is 15.7 Å². The van der Waals surface area contributed by atoms with Gasteiger partial charge in [-0.15, -0.1) is 0 Å². The van der Waals surface area contributed by atoms with E-state index >= 15 is 0 Å². The van der Waals surface area contributed by atoms with Crippen molar-refractivity contribution in [2.75, 3.05) is 0 Å². The van der Waals surface area contributed by atoms with Crippen molar-refractivity contribution in [2.24, 2.45) is 11.3 Å². The average molecular weight is 243 g/mol. The average Bonchev–Trinajstić information content (AvgIpc) is 2.92. The number of nitrogens with zero attached hydrogens (tertiary/aromatic N) is 1. The Morgan fingerprint density at radius 1 is 1.50 bits per heavy atom. The number of aromatic nitrogens is 2. The molecule has 5 heteroatoms. The molecule has 0 spiro atoms. The molecular formula is C11H15ClN2O2. The van der Waals surface area contributed by atoms with Crippen LogP contribution >= 0.6 is 11.6 Å². The second kappa shape index (κ2) is 3.77. The zero-order valence-corrected chi connectivity index (χ0v) is 10.2. The molecule has 1 fully saturated rings. The largest absolute Gasteiger partial charge is 0.329 e.